The van der Waals surface area contributed by atoms with Gasteiger partial charge in [0.1, 0.15) is 6.04 Å². The Morgan fingerprint density at radius 1 is 1.19 bits per heavy atom. The van der Waals surface area contributed by atoms with Crippen LogP contribution in [0.4, 0.5) is 5.69 Å². The first kappa shape index (κ1) is 19.4. The number of anilines is 1. The van der Waals surface area contributed by atoms with Crippen molar-refractivity contribution in [3.63, 3.8) is 0 Å². The maximum Gasteiger partial charge on any atom is 0.249 e. The predicted molar refractivity (Wildman–Crippen MR) is 106 cm³/mol. The van der Waals surface area contributed by atoms with E-state index >= 15 is 0 Å². The molecule has 1 heterocycles. The Hall–Kier alpha value is -2.37. The van der Waals surface area contributed by atoms with Crippen molar-refractivity contribution in [1.82, 2.24) is 5.32 Å². The monoisotopic (exact) mass is 404 g/mol. The Morgan fingerprint density at radius 3 is 2.67 bits per heavy atom. The number of amides is 2. The molecule has 0 aromatic heterocycles. The van der Waals surface area contributed by atoms with Gasteiger partial charge >= 0.3 is 0 Å². The van der Waals surface area contributed by atoms with Crippen LogP contribution in [0.3, 0.4) is 0 Å². The van der Waals surface area contributed by atoms with Gasteiger partial charge in [0.05, 0.1) is 5.69 Å². The third-order valence-corrected chi connectivity index (χ3v) is 5.14. The Bertz CT molecular complexity index is 914. The maximum absolute atomic E-state index is 12.7. The summed E-state index contributed by atoms with van der Waals surface area (Å²) in [6.07, 6.45) is 0.496. The highest BCUT2D eigenvalue weighted by Crippen LogP contribution is 2.26. The van der Waals surface area contributed by atoms with E-state index in [0.717, 1.165) is 5.56 Å². The second-order valence-electron chi connectivity index (χ2n) is 6.40. The molecule has 140 valence electrons. The average molecular weight is 405 g/mol. The van der Waals surface area contributed by atoms with Crippen molar-refractivity contribution in [2.24, 2.45) is 0 Å². The van der Waals surface area contributed by atoms with Crippen LogP contribution in [-0.4, -0.2) is 30.7 Å². The molecule has 1 atom stereocenters. The van der Waals surface area contributed by atoms with Gasteiger partial charge in [0, 0.05) is 35.5 Å². The molecule has 1 N–H and O–H groups in total. The standard InChI is InChI=1S/C20H18Cl2N2O3/c1-24-17-5-3-2-4-14(17)18(25)11-16(20(24)27)23-19(26)9-7-12-6-8-13(21)10-15(12)22/h2-6,8,10,16H,7,9,11H2,1H3,(H,23,26). The molecule has 5 nitrogen and oxygen atoms in total. The lowest BCUT2D eigenvalue weighted by molar-refractivity contribution is -0.127. The Balaban J connectivity index is 1.67. The SMILES string of the molecule is CN1C(=O)C(NC(=O)CCc2ccc(Cl)cc2Cl)CC(=O)c2ccccc21. The molecule has 0 saturated heterocycles. The van der Waals surface area contributed by atoms with Gasteiger partial charge in [0.2, 0.25) is 11.8 Å². The third kappa shape index (κ3) is 4.31. The zero-order valence-corrected chi connectivity index (χ0v) is 16.2. The number of nitrogens with one attached hydrogen (secondary N) is 1. The van der Waals surface area contributed by atoms with Crippen LogP contribution in [0.25, 0.3) is 0 Å². The Morgan fingerprint density at radius 2 is 1.93 bits per heavy atom. The van der Waals surface area contributed by atoms with Crippen LogP contribution in [0.1, 0.15) is 28.8 Å². The van der Waals surface area contributed by atoms with E-state index < -0.39 is 6.04 Å². The second kappa shape index (κ2) is 8.11. The zero-order chi connectivity index (χ0) is 19.6. The van der Waals surface area contributed by atoms with Crippen LogP contribution in [0, 0.1) is 0 Å². The molecule has 3 rings (SSSR count). The molecular formula is C20H18Cl2N2O3. The van der Waals surface area contributed by atoms with Crippen LogP contribution >= 0.6 is 23.2 Å². The van der Waals surface area contributed by atoms with Crippen molar-refractivity contribution in [3.05, 3.63) is 63.6 Å². The molecule has 0 aliphatic carbocycles. The van der Waals surface area contributed by atoms with Crippen LogP contribution in [0.2, 0.25) is 10.0 Å². The maximum atomic E-state index is 12.7. The highest BCUT2D eigenvalue weighted by molar-refractivity contribution is 6.35. The normalized spacial score (nSPS) is 16.7. The molecule has 0 bridgehead atoms. The fraction of sp³-hybridized carbons (Fsp3) is 0.250. The number of hydrogen-bond donors (Lipinski definition) is 1. The number of aryl methyl sites for hydroxylation is 1. The molecule has 0 radical (unpaired) electrons. The van der Waals surface area contributed by atoms with Gasteiger partial charge in [0.25, 0.3) is 0 Å². The minimum absolute atomic E-state index is 0.0619. The van der Waals surface area contributed by atoms with E-state index in [9.17, 15) is 14.4 Å². The number of likely N-dealkylation sites (N-methyl/N-ethyl adjacent to an activating group) is 1. The number of benzene rings is 2. The minimum Gasteiger partial charge on any atom is -0.344 e. The number of para-hydroxylation sites is 1. The minimum atomic E-state index is -0.886. The summed E-state index contributed by atoms with van der Waals surface area (Å²) in [5.41, 5.74) is 1.83. The van der Waals surface area contributed by atoms with Gasteiger partial charge in [-0.1, -0.05) is 41.4 Å². The number of carbonyl (C=O) groups excluding carboxylic acids is 3. The number of halogens is 2. The highest BCUT2D eigenvalue weighted by Gasteiger charge is 2.33. The first-order valence-corrected chi connectivity index (χ1v) is 9.25. The number of rotatable bonds is 4. The molecule has 2 aromatic carbocycles. The number of hydrogen-bond acceptors (Lipinski definition) is 3. The summed E-state index contributed by atoms with van der Waals surface area (Å²) in [5, 5.41) is 3.70. The van der Waals surface area contributed by atoms with Gasteiger partial charge in [-0.15, -0.1) is 0 Å². The third-order valence-electron chi connectivity index (χ3n) is 4.56. The average Bonchev–Trinajstić information content (AvgIpc) is 2.73. The van der Waals surface area contributed by atoms with Gasteiger partial charge in [-0.2, -0.15) is 0 Å². The van der Waals surface area contributed by atoms with Crippen molar-refractivity contribution in [2.45, 2.75) is 25.3 Å². The van der Waals surface area contributed by atoms with Gasteiger partial charge in [-0.05, 0) is 36.2 Å². The summed E-state index contributed by atoms with van der Waals surface area (Å²) < 4.78 is 0. The van der Waals surface area contributed by atoms with Crippen molar-refractivity contribution >= 4 is 46.5 Å². The number of fused-ring (bicyclic) bond motifs is 1. The molecule has 0 saturated carbocycles. The first-order valence-electron chi connectivity index (χ1n) is 8.50. The second-order valence-corrected chi connectivity index (χ2v) is 7.24. The fourth-order valence-corrected chi connectivity index (χ4v) is 3.59. The van der Waals surface area contributed by atoms with Crippen LogP contribution < -0.4 is 10.2 Å². The fourth-order valence-electron chi connectivity index (χ4n) is 3.09. The van der Waals surface area contributed by atoms with Crippen LogP contribution in [0.5, 0.6) is 0 Å². The van der Waals surface area contributed by atoms with Crippen LogP contribution in [0.15, 0.2) is 42.5 Å². The summed E-state index contributed by atoms with van der Waals surface area (Å²) in [4.78, 5) is 38.9. The van der Waals surface area contributed by atoms with Crippen molar-refractivity contribution in [1.29, 1.82) is 0 Å². The van der Waals surface area contributed by atoms with E-state index in [2.05, 4.69) is 5.32 Å². The van der Waals surface area contributed by atoms with Crippen molar-refractivity contribution < 1.29 is 14.4 Å². The summed E-state index contributed by atoms with van der Waals surface area (Å²) in [5.74, 6) is -0.799. The number of nitrogens with zero attached hydrogens (tertiary/aromatic N) is 1. The number of Topliss-reactive ketones (excluding diaryl/α,β-unsaturated/α-hetero) is 1. The molecule has 2 amide bonds. The lowest BCUT2D eigenvalue weighted by Gasteiger charge is -2.21. The lowest BCUT2D eigenvalue weighted by Crippen LogP contribution is -2.47. The molecule has 27 heavy (non-hydrogen) atoms. The van der Waals surface area contributed by atoms with E-state index in [4.69, 9.17) is 23.2 Å². The van der Waals surface area contributed by atoms with E-state index in [-0.39, 0.29) is 30.4 Å². The summed E-state index contributed by atoms with van der Waals surface area (Å²) in [6.45, 7) is 0. The predicted octanol–water partition coefficient (Wildman–Crippen LogP) is 3.66. The molecule has 1 aliphatic heterocycles. The molecule has 7 heteroatoms. The quantitative estimate of drug-likeness (QED) is 0.845. The largest absolute Gasteiger partial charge is 0.344 e. The van der Waals surface area contributed by atoms with Gasteiger partial charge in [-0.25, -0.2) is 0 Å². The van der Waals surface area contributed by atoms with E-state index in [1.807, 2.05) is 0 Å². The number of carbonyl (C=O) groups is 3. The van der Waals surface area contributed by atoms with E-state index in [0.29, 0.717) is 27.7 Å². The van der Waals surface area contributed by atoms with Crippen LogP contribution in [-0.2, 0) is 16.0 Å². The molecule has 0 fully saturated rings. The van der Waals surface area contributed by atoms with E-state index in [1.54, 1.807) is 49.5 Å². The van der Waals surface area contributed by atoms with Gasteiger partial charge in [0.15, 0.2) is 5.78 Å². The Kier molecular flexibility index (Phi) is 5.82. The van der Waals surface area contributed by atoms with Crippen molar-refractivity contribution in [3.8, 4) is 0 Å². The topological polar surface area (TPSA) is 66.5 Å². The van der Waals surface area contributed by atoms with Crippen molar-refractivity contribution in [2.75, 3.05) is 11.9 Å². The smallest absolute Gasteiger partial charge is 0.249 e. The number of ketones is 1. The molecule has 1 aliphatic rings. The summed E-state index contributed by atoms with van der Waals surface area (Å²) in [6, 6.07) is 11.1. The first-order chi connectivity index (χ1) is 12.9. The van der Waals surface area contributed by atoms with Gasteiger partial charge < -0.3 is 10.2 Å². The van der Waals surface area contributed by atoms with Gasteiger partial charge in [-0.3, -0.25) is 14.4 Å². The molecule has 1 unspecified atom stereocenters. The lowest BCUT2D eigenvalue weighted by atomic mass is 10.0. The zero-order valence-electron chi connectivity index (χ0n) is 14.7. The summed E-state index contributed by atoms with van der Waals surface area (Å²) in [7, 11) is 1.60. The molecular weight excluding hydrogens is 387 g/mol. The molecule has 0 spiro atoms. The van der Waals surface area contributed by atoms with E-state index in [1.165, 1.54) is 4.90 Å². The summed E-state index contributed by atoms with van der Waals surface area (Å²) >= 11 is 12.0. The Labute approximate surface area is 167 Å². The highest BCUT2D eigenvalue weighted by atomic mass is 35.5. The molecule has 2 aromatic rings.